The van der Waals surface area contributed by atoms with Gasteiger partial charge in [-0.05, 0) is 41.9 Å². The number of carbonyl (C=O) groups is 1. The topological polar surface area (TPSA) is 64.3 Å². The molecule has 2 rings (SSSR count). The van der Waals surface area contributed by atoms with Crippen LogP contribution in [-0.2, 0) is 0 Å². The zero-order valence-electron chi connectivity index (χ0n) is 10.8. The Balaban J connectivity index is 2.29. The van der Waals surface area contributed by atoms with E-state index in [0.717, 1.165) is 0 Å². The van der Waals surface area contributed by atoms with Crippen LogP contribution in [-0.4, -0.2) is 20.9 Å². The van der Waals surface area contributed by atoms with E-state index in [4.69, 9.17) is 9.84 Å². The molecule has 0 unspecified atom stereocenters. The van der Waals surface area contributed by atoms with Gasteiger partial charge in [-0.1, -0.05) is 0 Å². The van der Waals surface area contributed by atoms with E-state index in [-0.39, 0.29) is 21.8 Å². The molecule has 20 heavy (non-hydrogen) atoms. The van der Waals surface area contributed by atoms with Crippen molar-refractivity contribution in [2.24, 2.45) is 0 Å². The zero-order chi connectivity index (χ0) is 14.9. The van der Waals surface area contributed by atoms with E-state index < -0.39 is 11.8 Å². The second kappa shape index (κ2) is 5.62. The average Bonchev–Trinajstić information content (AvgIpc) is 2.83. The highest BCUT2D eigenvalue weighted by Gasteiger charge is 2.17. The Kier molecular flexibility index (Phi) is 4.08. The maximum atomic E-state index is 14.0. The molecule has 106 valence electrons. The molecule has 0 radical (unpaired) electrons. The summed E-state index contributed by atoms with van der Waals surface area (Å²) >= 11 is 2.92. The molecule has 0 saturated heterocycles. The Hall–Kier alpha value is -1.89. The fourth-order valence-electron chi connectivity index (χ4n) is 1.56. The molecule has 1 aromatic carbocycles. The lowest BCUT2D eigenvalue weighted by molar-refractivity contribution is 0.0695. The lowest BCUT2D eigenvalue weighted by atomic mass is 10.2. The van der Waals surface area contributed by atoms with Gasteiger partial charge >= 0.3 is 5.97 Å². The van der Waals surface area contributed by atoms with Gasteiger partial charge in [0.05, 0.1) is 22.4 Å². The van der Waals surface area contributed by atoms with Gasteiger partial charge in [0.25, 0.3) is 0 Å². The molecule has 0 amide bonds. The van der Waals surface area contributed by atoms with Gasteiger partial charge in [-0.25, -0.2) is 9.18 Å². The molecule has 1 heterocycles. The molecule has 0 saturated carbocycles. The standard InChI is InChI=1S/C13H12BrFN2O3/c1-7(2)17-6-8(5-16-17)20-10-4-3-9(13(18)19)11(14)12(10)15/h3-7H,1-2H3,(H,18,19). The van der Waals surface area contributed by atoms with E-state index in [9.17, 15) is 9.18 Å². The van der Waals surface area contributed by atoms with Crippen molar-refractivity contribution in [1.82, 2.24) is 9.78 Å². The van der Waals surface area contributed by atoms with Crippen molar-refractivity contribution in [3.8, 4) is 11.5 Å². The second-order valence-corrected chi connectivity index (χ2v) is 5.19. The summed E-state index contributed by atoms with van der Waals surface area (Å²) in [5, 5.41) is 13.0. The summed E-state index contributed by atoms with van der Waals surface area (Å²) in [5.74, 6) is -1.66. The highest BCUT2D eigenvalue weighted by molar-refractivity contribution is 9.10. The first-order valence-electron chi connectivity index (χ1n) is 5.83. The Morgan fingerprint density at radius 1 is 1.50 bits per heavy atom. The third-order valence-electron chi connectivity index (χ3n) is 2.61. The lowest BCUT2D eigenvalue weighted by Gasteiger charge is -2.08. The summed E-state index contributed by atoms with van der Waals surface area (Å²) < 4.78 is 20.9. The van der Waals surface area contributed by atoms with Crippen molar-refractivity contribution < 1.29 is 19.0 Å². The number of nitrogens with zero attached hydrogens (tertiary/aromatic N) is 2. The quantitative estimate of drug-likeness (QED) is 0.916. The van der Waals surface area contributed by atoms with Crippen LogP contribution in [0.15, 0.2) is 29.0 Å². The number of carboxylic acid groups (broad SMARTS) is 1. The van der Waals surface area contributed by atoms with Crippen LogP contribution >= 0.6 is 15.9 Å². The summed E-state index contributed by atoms with van der Waals surface area (Å²) in [6.45, 7) is 3.91. The average molecular weight is 343 g/mol. The summed E-state index contributed by atoms with van der Waals surface area (Å²) in [6.07, 6.45) is 3.11. The lowest BCUT2D eigenvalue weighted by Crippen LogP contribution is -2.01. The van der Waals surface area contributed by atoms with Crippen LogP contribution in [0, 0.1) is 5.82 Å². The maximum Gasteiger partial charge on any atom is 0.336 e. The Morgan fingerprint density at radius 2 is 2.20 bits per heavy atom. The summed E-state index contributed by atoms with van der Waals surface area (Å²) in [5.41, 5.74) is -0.160. The van der Waals surface area contributed by atoms with Crippen LogP contribution in [0.5, 0.6) is 11.5 Å². The number of carboxylic acids is 1. The molecule has 1 N–H and O–H groups in total. The first-order chi connectivity index (χ1) is 9.40. The minimum atomic E-state index is -1.21. The van der Waals surface area contributed by atoms with E-state index in [1.165, 1.54) is 18.3 Å². The third-order valence-corrected chi connectivity index (χ3v) is 3.39. The predicted octanol–water partition coefficient (Wildman–Crippen LogP) is 3.86. The van der Waals surface area contributed by atoms with Crippen molar-refractivity contribution in [3.63, 3.8) is 0 Å². The molecule has 5 nitrogen and oxygen atoms in total. The van der Waals surface area contributed by atoms with E-state index in [0.29, 0.717) is 5.75 Å². The zero-order valence-corrected chi connectivity index (χ0v) is 12.4. The van der Waals surface area contributed by atoms with Gasteiger partial charge < -0.3 is 9.84 Å². The fourth-order valence-corrected chi connectivity index (χ4v) is 2.06. The number of ether oxygens (including phenoxy) is 1. The first kappa shape index (κ1) is 14.5. The van der Waals surface area contributed by atoms with Gasteiger partial charge in [0.2, 0.25) is 0 Å². The van der Waals surface area contributed by atoms with Crippen molar-refractivity contribution in [1.29, 1.82) is 0 Å². The minimum absolute atomic E-state index is 0.0646. The molecule has 0 spiro atoms. The predicted molar refractivity (Wildman–Crippen MR) is 73.7 cm³/mol. The molecule has 0 bridgehead atoms. The van der Waals surface area contributed by atoms with Crippen molar-refractivity contribution in [3.05, 3.63) is 40.4 Å². The number of benzene rings is 1. The van der Waals surface area contributed by atoms with Crippen LogP contribution in [0.25, 0.3) is 0 Å². The summed E-state index contributed by atoms with van der Waals surface area (Å²) in [4.78, 5) is 10.9. The molecular weight excluding hydrogens is 331 g/mol. The number of aromatic nitrogens is 2. The Bertz CT molecular complexity index is 655. The summed E-state index contributed by atoms with van der Waals surface area (Å²) in [7, 11) is 0. The van der Waals surface area contributed by atoms with Crippen LogP contribution in [0.1, 0.15) is 30.2 Å². The van der Waals surface area contributed by atoms with Crippen LogP contribution in [0.3, 0.4) is 0 Å². The number of rotatable bonds is 4. The molecular formula is C13H12BrFN2O3. The maximum absolute atomic E-state index is 14.0. The normalized spacial score (nSPS) is 10.8. The molecule has 0 aliphatic rings. The monoisotopic (exact) mass is 342 g/mol. The second-order valence-electron chi connectivity index (χ2n) is 4.40. The molecule has 7 heteroatoms. The SMILES string of the molecule is CC(C)n1cc(Oc2ccc(C(=O)O)c(Br)c2F)cn1. The van der Waals surface area contributed by atoms with Gasteiger partial charge in [-0.3, -0.25) is 4.68 Å². The Labute approximate surface area is 123 Å². The number of aromatic carboxylic acids is 1. The van der Waals surface area contributed by atoms with E-state index in [1.807, 2.05) is 13.8 Å². The van der Waals surface area contributed by atoms with E-state index in [1.54, 1.807) is 10.9 Å². The van der Waals surface area contributed by atoms with Gasteiger partial charge in [0, 0.05) is 6.04 Å². The van der Waals surface area contributed by atoms with Crippen LogP contribution in [0.2, 0.25) is 0 Å². The van der Waals surface area contributed by atoms with Crippen LogP contribution < -0.4 is 4.74 Å². The molecule has 0 fully saturated rings. The summed E-state index contributed by atoms with van der Waals surface area (Å²) in [6, 6.07) is 2.71. The Morgan fingerprint density at radius 3 is 2.75 bits per heavy atom. The molecule has 1 aromatic heterocycles. The van der Waals surface area contributed by atoms with Gasteiger partial charge in [0.15, 0.2) is 17.3 Å². The smallest absolute Gasteiger partial charge is 0.336 e. The number of hydrogen-bond acceptors (Lipinski definition) is 3. The number of hydrogen-bond donors (Lipinski definition) is 1. The number of halogens is 2. The molecule has 0 aliphatic heterocycles. The van der Waals surface area contributed by atoms with Crippen molar-refractivity contribution in [2.45, 2.75) is 19.9 Å². The van der Waals surface area contributed by atoms with E-state index >= 15 is 0 Å². The molecule has 0 atom stereocenters. The van der Waals surface area contributed by atoms with Crippen molar-refractivity contribution >= 4 is 21.9 Å². The van der Waals surface area contributed by atoms with E-state index in [2.05, 4.69) is 21.0 Å². The highest BCUT2D eigenvalue weighted by Crippen LogP contribution is 2.31. The third kappa shape index (κ3) is 2.82. The largest absolute Gasteiger partial charge is 0.478 e. The molecule has 0 aliphatic carbocycles. The highest BCUT2D eigenvalue weighted by atomic mass is 79.9. The van der Waals surface area contributed by atoms with Gasteiger partial charge in [-0.15, -0.1) is 0 Å². The van der Waals surface area contributed by atoms with Crippen molar-refractivity contribution in [2.75, 3.05) is 0 Å². The van der Waals surface area contributed by atoms with Gasteiger partial charge in [0.1, 0.15) is 0 Å². The van der Waals surface area contributed by atoms with Crippen LogP contribution in [0.4, 0.5) is 4.39 Å². The fraction of sp³-hybridized carbons (Fsp3) is 0.231. The molecule has 2 aromatic rings. The minimum Gasteiger partial charge on any atom is -0.478 e. The first-order valence-corrected chi connectivity index (χ1v) is 6.62. The van der Waals surface area contributed by atoms with Gasteiger partial charge in [-0.2, -0.15) is 5.10 Å².